The third kappa shape index (κ3) is 1.58. The van der Waals surface area contributed by atoms with Gasteiger partial charge in [0.1, 0.15) is 11.5 Å². The van der Waals surface area contributed by atoms with Crippen LogP contribution in [0.1, 0.15) is 15.9 Å². The Morgan fingerprint density at radius 2 is 1.83 bits per heavy atom. The lowest BCUT2D eigenvalue weighted by atomic mass is 10.1. The maximum absolute atomic E-state index is 10.3. The highest BCUT2D eigenvalue weighted by Crippen LogP contribution is 2.27. The fourth-order valence-corrected chi connectivity index (χ4v) is 1.20. The van der Waals surface area contributed by atoms with Crippen molar-refractivity contribution in [1.29, 1.82) is 0 Å². The van der Waals surface area contributed by atoms with Gasteiger partial charge in [-0.15, -0.1) is 0 Å². The van der Waals surface area contributed by atoms with Gasteiger partial charge in [-0.1, -0.05) is 15.9 Å². The number of alkyl halides is 1. The molecule has 1 aromatic carbocycles. The van der Waals surface area contributed by atoms with Crippen molar-refractivity contribution in [3.8, 4) is 11.5 Å². The second kappa shape index (κ2) is 3.58. The summed E-state index contributed by atoms with van der Waals surface area (Å²) in [6.45, 7) is 0. The van der Waals surface area contributed by atoms with Crippen LogP contribution in [0.25, 0.3) is 0 Å². The Balaban J connectivity index is 3.27. The predicted octanol–water partition coefficient (Wildman–Crippen LogP) is 1.81. The molecule has 0 saturated heterocycles. The number of rotatable bonds is 2. The summed E-state index contributed by atoms with van der Waals surface area (Å²) < 4.78 is 0. The van der Waals surface area contributed by atoms with E-state index in [1.54, 1.807) is 0 Å². The van der Waals surface area contributed by atoms with Gasteiger partial charge in [-0.2, -0.15) is 0 Å². The molecule has 1 rings (SSSR count). The molecule has 0 aliphatic rings. The molecule has 4 heteroatoms. The maximum Gasteiger partial charge on any atom is 0.157 e. The Morgan fingerprint density at radius 3 is 2.17 bits per heavy atom. The number of aromatic hydroxyl groups is 2. The largest absolute Gasteiger partial charge is 0.507 e. The minimum atomic E-state index is -0.195. The molecule has 0 atom stereocenters. The van der Waals surface area contributed by atoms with Crippen molar-refractivity contribution >= 4 is 22.2 Å². The molecule has 64 valence electrons. The van der Waals surface area contributed by atoms with Gasteiger partial charge >= 0.3 is 0 Å². The first-order chi connectivity index (χ1) is 5.69. The van der Waals surface area contributed by atoms with E-state index in [0.717, 1.165) is 5.56 Å². The molecule has 0 aliphatic heterocycles. The number of carbonyl (C=O) groups is 1. The number of aldehydes is 1. The second-order valence-electron chi connectivity index (χ2n) is 2.30. The van der Waals surface area contributed by atoms with Crippen LogP contribution in [0, 0.1) is 0 Å². The van der Waals surface area contributed by atoms with E-state index in [1.807, 2.05) is 0 Å². The first-order valence-electron chi connectivity index (χ1n) is 3.25. The highest BCUT2D eigenvalue weighted by molar-refractivity contribution is 9.08. The zero-order chi connectivity index (χ0) is 9.14. The minimum absolute atomic E-state index is 0.0697. The van der Waals surface area contributed by atoms with Crippen molar-refractivity contribution in [2.75, 3.05) is 0 Å². The standard InChI is InChI=1S/C8H7BrO3/c9-3-5-1-7(11)6(4-10)8(12)2-5/h1-2,4,11-12H,3H2. The molecule has 0 radical (unpaired) electrons. The van der Waals surface area contributed by atoms with Gasteiger partial charge in [0.25, 0.3) is 0 Å². The van der Waals surface area contributed by atoms with E-state index in [4.69, 9.17) is 0 Å². The van der Waals surface area contributed by atoms with Crippen LogP contribution in [0.3, 0.4) is 0 Å². The number of carbonyl (C=O) groups excluding carboxylic acids is 1. The predicted molar refractivity (Wildman–Crippen MR) is 47.8 cm³/mol. The van der Waals surface area contributed by atoms with Gasteiger partial charge in [-0.05, 0) is 17.7 Å². The van der Waals surface area contributed by atoms with Crippen molar-refractivity contribution in [3.05, 3.63) is 23.3 Å². The van der Waals surface area contributed by atoms with Crippen LogP contribution in [0.4, 0.5) is 0 Å². The third-order valence-electron chi connectivity index (χ3n) is 1.47. The molecular formula is C8H7BrO3. The average Bonchev–Trinajstić information content (AvgIpc) is 2.03. The molecule has 0 aliphatic carbocycles. The average molecular weight is 231 g/mol. The zero-order valence-corrected chi connectivity index (χ0v) is 7.71. The van der Waals surface area contributed by atoms with Gasteiger partial charge in [0.05, 0.1) is 5.56 Å². The molecule has 0 heterocycles. The Kier molecular flexibility index (Phi) is 2.70. The molecule has 0 spiro atoms. The van der Waals surface area contributed by atoms with Crippen LogP contribution in [0.5, 0.6) is 11.5 Å². The van der Waals surface area contributed by atoms with Crippen LogP contribution in [-0.2, 0) is 5.33 Å². The molecule has 0 saturated carbocycles. The van der Waals surface area contributed by atoms with Crippen LogP contribution in [-0.4, -0.2) is 16.5 Å². The van der Waals surface area contributed by atoms with Crippen LogP contribution in [0.15, 0.2) is 12.1 Å². The van der Waals surface area contributed by atoms with E-state index in [2.05, 4.69) is 15.9 Å². The van der Waals surface area contributed by atoms with Crippen molar-refractivity contribution in [2.45, 2.75) is 5.33 Å². The Bertz CT molecular complexity index is 286. The first-order valence-corrected chi connectivity index (χ1v) is 4.37. The van der Waals surface area contributed by atoms with Crippen molar-refractivity contribution in [2.24, 2.45) is 0 Å². The quantitative estimate of drug-likeness (QED) is 0.602. The summed E-state index contributed by atoms with van der Waals surface area (Å²) in [4.78, 5) is 10.3. The third-order valence-corrected chi connectivity index (χ3v) is 2.12. The maximum atomic E-state index is 10.3. The Hall–Kier alpha value is -1.03. The topological polar surface area (TPSA) is 57.5 Å². The van der Waals surface area contributed by atoms with Crippen molar-refractivity contribution in [1.82, 2.24) is 0 Å². The summed E-state index contributed by atoms with van der Waals surface area (Å²) in [5.74, 6) is -0.390. The molecule has 0 aromatic heterocycles. The van der Waals surface area contributed by atoms with E-state index in [1.165, 1.54) is 12.1 Å². The molecule has 1 aromatic rings. The van der Waals surface area contributed by atoms with E-state index >= 15 is 0 Å². The zero-order valence-electron chi connectivity index (χ0n) is 6.12. The smallest absolute Gasteiger partial charge is 0.157 e. The van der Waals surface area contributed by atoms with E-state index < -0.39 is 0 Å². The molecule has 0 bridgehead atoms. The van der Waals surface area contributed by atoms with Crippen molar-refractivity contribution in [3.63, 3.8) is 0 Å². The Morgan fingerprint density at radius 1 is 1.33 bits per heavy atom. The number of benzene rings is 1. The number of phenolic OH excluding ortho intramolecular Hbond substituents is 2. The molecule has 0 unspecified atom stereocenters. The van der Waals surface area contributed by atoms with Gasteiger partial charge in [0.15, 0.2) is 6.29 Å². The van der Waals surface area contributed by atoms with Gasteiger partial charge < -0.3 is 10.2 Å². The molecule has 3 nitrogen and oxygen atoms in total. The van der Waals surface area contributed by atoms with E-state index in [-0.39, 0.29) is 17.1 Å². The van der Waals surface area contributed by atoms with Gasteiger partial charge in [-0.3, -0.25) is 4.79 Å². The molecule has 0 fully saturated rings. The molecular weight excluding hydrogens is 224 g/mol. The first kappa shape index (κ1) is 9.06. The summed E-state index contributed by atoms with van der Waals surface area (Å²) >= 11 is 3.16. The van der Waals surface area contributed by atoms with Crippen LogP contribution < -0.4 is 0 Å². The van der Waals surface area contributed by atoms with Crippen LogP contribution in [0.2, 0.25) is 0 Å². The normalized spacial score (nSPS) is 9.75. The van der Waals surface area contributed by atoms with Crippen molar-refractivity contribution < 1.29 is 15.0 Å². The Labute approximate surface area is 77.8 Å². The summed E-state index contributed by atoms with van der Waals surface area (Å²) in [6, 6.07) is 2.86. The fourth-order valence-electron chi connectivity index (χ4n) is 0.878. The minimum Gasteiger partial charge on any atom is -0.507 e. The highest BCUT2D eigenvalue weighted by Gasteiger charge is 2.07. The summed E-state index contributed by atoms with van der Waals surface area (Å²) in [6.07, 6.45) is 0.419. The second-order valence-corrected chi connectivity index (χ2v) is 2.86. The fraction of sp³-hybridized carbons (Fsp3) is 0.125. The molecule has 2 N–H and O–H groups in total. The number of halogens is 1. The number of hydrogen-bond donors (Lipinski definition) is 2. The van der Waals surface area contributed by atoms with Crippen LogP contribution >= 0.6 is 15.9 Å². The van der Waals surface area contributed by atoms with Gasteiger partial charge in [0.2, 0.25) is 0 Å². The van der Waals surface area contributed by atoms with E-state index in [9.17, 15) is 15.0 Å². The van der Waals surface area contributed by atoms with E-state index in [0.29, 0.717) is 11.6 Å². The number of hydrogen-bond acceptors (Lipinski definition) is 3. The number of phenols is 2. The van der Waals surface area contributed by atoms with Gasteiger partial charge in [-0.25, -0.2) is 0 Å². The lowest BCUT2D eigenvalue weighted by Gasteiger charge is -2.02. The highest BCUT2D eigenvalue weighted by atomic mass is 79.9. The summed E-state index contributed by atoms with van der Waals surface area (Å²) in [7, 11) is 0. The molecule has 0 amide bonds. The summed E-state index contributed by atoms with van der Waals surface area (Å²) in [5.41, 5.74) is 0.648. The van der Waals surface area contributed by atoms with Gasteiger partial charge in [0, 0.05) is 5.33 Å². The monoisotopic (exact) mass is 230 g/mol. The SMILES string of the molecule is O=Cc1c(O)cc(CBr)cc1O. The molecule has 12 heavy (non-hydrogen) atoms. The lowest BCUT2D eigenvalue weighted by Crippen LogP contribution is -1.85. The lowest BCUT2D eigenvalue weighted by molar-refractivity contribution is 0.111. The summed E-state index contributed by atoms with van der Waals surface area (Å²) in [5, 5.41) is 18.9.